The lowest BCUT2D eigenvalue weighted by atomic mass is 9.96. The van der Waals surface area contributed by atoms with Gasteiger partial charge in [-0.25, -0.2) is 9.79 Å². The van der Waals surface area contributed by atoms with E-state index in [1.165, 1.54) is 11.3 Å². The first-order valence-corrected chi connectivity index (χ1v) is 14.6. The van der Waals surface area contributed by atoms with Gasteiger partial charge >= 0.3 is 5.97 Å². The lowest BCUT2D eigenvalue weighted by Crippen LogP contribution is -2.39. The first-order chi connectivity index (χ1) is 19.4. The normalized spacial score (nSPS) is 14.9. The number of hydrogen-bond acceptors (Lipinski definition) is 7. The number of allylic oxidation sites excluding steroid dienone is 1. The monoisotopic (exact) mass is 666 g/mol. The Morgan fingerprint density at radius 2 is 1.80 bits per heavy atom. The molecule has 0 fully saturated rings. The number of carbonyl (C=O) groups is 1. The van der Waals surface area contributed by atoms with E-state index in [-0.39, 0.29) is 12.2 Å². The van der Waals surface area contributed by atoms with Crippen LogP contribution in [0.2, 0.25) is 0 Å². The molecule has 1 aliphatic heterocycles. The van der Waals surface area contributed by atoms with E-state index in [0.717, 1.165) is 20.3 Å². The Hall–Kier alpha value is -3.70. The molecule has 204 valence electrons. The minimum atomic E-state index is -0.637. The van der Waals surface area contributed by atoms with Crippen LogP contribution >= 0.6 is 33.9 Å². The molecule has 0 radical (unpaired) electrons. The van der Waals surface area contributed by atoms with Gasteiger partial charge in [0.25, 0.3) is 5.56 Å². The standard InChI is InChI=1S/C31H27IN2O5S/c1-4-38-30(36)26-19(2)33-31-34(27(26)22-13-9-6-10-14-22)29(35)25(40-31)17-21-15-23(32)28(24(16-21)37-3)39-18-20-11-7-5-8-12-20/h5-17,27H,4,18H2,1-3H3/b25-17+. The maximum Gasteiger partial charge on any atom is 0.338 e. The number of fused-ring (bicyclic) bond motifs is 1. The number of esters is 1. The van der Waals surface area contributed by atoms with Crippen LogP contribution in [0.4, 0.5) is 0 Å². The fraction of sp³-hybridized carbons (Fsp3) is 0.194. The largest absolute Gasteiger partial charge is 0.493 e. The van der Waals surface area contributed by atoms with Crippen LogP contribution in [0, 0.1) is 3.57 Å². The molecule has 0 bridgehead atoms. The van der Waals surface area contributed by atoms with E-state index in [0.29, 0.717) is 38.7 Å². The Balaban J connectivity index is 1.58. The molecule has 4 aromatic rings. The smallest absolute Gasteiger partial charge is 0.338 e. The van der Waals surface area contributed by atoms with E-state index >= 15 is 0 Å². The van der Waals surface area contributed by atoms with Crippen molar-refractivity contribution < 1.29 is 19.0 Å². The van der Waals surface area contributed by atoms with Crippen LogP contribution < -0.4 is 24.4 Å². The summed E-state index contributed by atoms with van der Waals surface area (Å²) in [6.45, 7) is 4.18. The van der Waals surface area contributed by atoms with E-state index in [4.69, 9.17) is 14.2 Å². The lowest BCUT2D eigenvalue weighted by molar-refractivity contribution is -0.139. The predicted octanol–water partition coefficient (Wildman–Crippen LogP) is 4.99. The van der Waals surface area contributed by atoms with Gasteiger partial charge in [0, 0.05) is 0 Å². The number of rotatable bonds is 8. The number of ether oxygens (including phenoxy) is 3. The molecule has 7 nitrogen and oxygen atoms in total. The molecule has 0 spiro atoms. The van der Waals surface area contributed by atoms with Crippen molar-refractivity contribution in [2.75, 3.05) is 13.7 Å². The second-order valence-electron chi connectivity index (χ2n) is 9.02. The molecular formula is C31H27IN2O5S. The van der Waals surface area contributed by atoms with Crippen molar-refractivity contribution in [3.8, 4) is 11.5 Å². The maximum absolute atomic E-state index is 13.8. The van der Waals surface area contributed by atoms with Gasteiger partial charge in [0.05, 0.1) is 39.1 Å². The van der Waals surface area contributed by atoms with Crippen molar-refractivity contribution in [1.29, 1.82) is 0 Å². The Kier molecular flexibility index (Phi) is 8.51. The minimum absolute atomic E-state index is 0.229. The van der Waals surface area contributed by atoms with Gasteiger partial charge in [-0.15, -0.1) is 0 Å². The number of hydrogen-bond donors (Lipinski definition) is 0. The molecule has 0 saturated heterocycles. The van der Waals surface area contributed by atoms with Crippen LogP contribution in [-0.2, 0) is 16.1 Å². The summed E-state index contributed by atoms with van der Waals surface area (Å²) in [5.74, 6) is 0.742. The average Bonchev–Trinajstić information content (AvgIpc) is 3.26. The topological polar surface area (TPSA) is 79.1 Å². The fourth-order valence-electron chi connectivity index (χ4n) is 4.59. The van der Waals surface area contributed by atoms with E-state index in [9.17, 15) is 9.59 Å². The molecule has 5 rings (SSSR count). The molecule has 3 aromatic carbocycles. The molecule has 1 unspecified atom stereocenters. The van der Waals surface area contributed by atoms with Crippen LogP contribution in [0.1, 0.15) is 36.6 Å². The molecule has 9 heteroatoms. The van der Waals surface area contributed by atoms with E-state index in [1.807, 2.05) is 78.9 Å². The molecule has 0 aliphatic carbocycles. The third kappa shape index (κ3) is 5.62. The van der Waals surface area contributed by atoms with Crippen molar-refractivity contribution >= 4 is 46.0 Å². The fourth-order valence-corrected chi connectivity index (χ4v) is 6.41. The Labute approximate surface area is 249 Å². The van der Waals surface area contributed by atoms with Crippen LogP contribution in [-0.4, -0.2) is 24.3 Å². The summed E-state index contributed by atoms with van der Waals surface area (Å²) in [5.41, 5.74) is 3.32. The quantitative estimate of drug-likeness (QED) is 0.196. The molecule has 0 amide bonds. The zero-order chi connectivity index (χ0) is 28.2. The number of nitrogens with zero attached hydrogens (tertiary/aromatic N) is 2. The molecule has 2 heterocycles. The number of aromatic nitrogens is 1. The minimum Gasteiger partial charge on any atom is -0.493 e. The van der Waals surface area contributed by atoms with Gasteiger partial charge in [0.1, 0.15) is 6.61 Å². The van der Waals surface area contributed by atoms with E-state index in [2.05, 4.69) is 27.6 Å². The van der Waals surface area contributed by atoms with Gasteiger partial charge in [0.15, 0.2) is 16.3 Å². The summed E-state index contributed by atoms with van der Waals surface area (Å²) in [6, 6.07) is 22.6. The summed E-state index contributed by atoms with van der Waals surface area (Å²) in [7, 11) is 1.60. The van der Waals surface area contributed by atoms with Crippen molar-refractivity contribution in [2.45, 2.75) is 26.5 Å². The molecular weight excluding hydrogens is 639 g/mol. The zero-order valence-electron chi connectivity index (χ0n) is 22.2. The van der Waals surface area contributed by atoms with Crippen molar-refractivity contribution in [2.24, 2.45) is 4.99 Å². The molecule has 1 aromatic heterocycles. The Bertz CT molecular complexity index is 1760. The molecule has 0 N–H and O–H groups in total. The van der Waals surface area contributed by atoms with Gasteiger partial charge in [0.2, 0.25) is 0 Å². The van der Waals surface area contributed by atoms with Gasteiger partial charge in [-0.3, -0.25) is 9.36 Å². The van der Waals surface area contributed by atoms with E-state index in [1.54, 1.807) is 25.5 Å². The number of halogens is 1. The highest BCUT2D eigenvalue weighted by Gasteiger charge is 2.33. The highest BCUT2D eigenvalue weighted by atomic mass is 127. The number of thiazole rings is 1. The van der Waals surface area contributed by atoms with Gasteiger partial charge in [-0.05, 0) is 71.3 Å². The summed E-state index contributed by atoms with van der Waals surface area (Å²) < 4.78 is 20.0. The van der Waals surface area contributed by atoms with Crippen molar-refractivity contribution in [1.82, 2.24) is 4.57 Å². The number of carbonyl (C=O) groups excluding carboxylic acids is 1. The second kappa shape index (κ2) is 12.2. The van der Waals surface area contributed by atoms with Gasteiger partial charge < -0.3 is 14.2 Å². The lowest BCUT2D eigenvalue weighted by Gasteiger charge is -2.24. The molecule has 40 heavy (non-hydrogen) atoms. The Morgan fingerprint density at radius 1 is 1.10 bits per heavy atom. The van der Waals surface area contributed by atoms with Crippen LogP contribution in [0.15, 0.2) is 93.9 Å². The van der Waals surface area contributed by atoms with Gasteiger partial charge in [-0.2, -0.15) is 0 Å². The van der Waals surface area contributed by atoms with Gasteiger partial charge in [-0.1, -0.05) is 72.0 Å². The summed E-state index contributed by atoms with van der Waals surface area (Å²) in [5, 5.41) is 0. The summed E-state index contributed by atoms with van der Waals surface area (Å²) in [4.78, 5) is 32.0. The van der Waals surface area contributed by atoms with E-state index < -0.39 is 12.0 Å². The highest BCUT2D eigenvalue weighted by Crippen LogP contribution is 2.35. The van der Waals surface area contributed by atoms with Crippen LogP contribution in [0.3, 0.4) is 0 Å². The number of benzene rings is 3. The summed E-state index contributed by atoms with van der Waals surface area (Å²) in [6.07, 6.45) is 1.82. The third-order valence-electron chi connectivity index (χ3n) is 6.41. The summed E-state index contributed by atoms with van der Waals surface area (Å²) >= 11 is 3.50. The second-order valence-corrected chi connectivity index (χ2v) is 11.2. The average molecular weight is 667 g/mol. The Morgan fingerprint density at radius 3 is 2.48 bits per heavy atom. The first-order valence-electron chi connectivity index (χ1n) is 12.7. The number of methoxy groups -OCH3 is 1. The van der Waals surface area contributed by atoms with Crippen molar-refractivity contribution in [3.63, 3.8) is 0 Å². The van der Waals surface area contributed by atoms with Crippen LogP contribution in [0.25, 0.3) is 6.08 Å². The maximum atomic E-state index is 13.8. The highest BCUT2D eigenvalue weighted by molar-refractivity contribution is 14.1. The van der Waals surface area contributed by atoms with Crippen LogP contribution in [0.5, 0.6) is 11.5 Å². The molecule has 1 atom stereocenters. The SMILES string of the molecule is CCOC(=O)C1=C(C)N=c2s/c(=C/c3cc(I)c(OCc4ccccc4)c(OC)c3)c(=O)n2C1c1ccccc1. The molecule has 1 aliphatic rings. The zero-order valence-corrected chi connectivity index (χ0v) is 25.2. The first kappa shape index (κ1) is 27.9. The van der Waals surface area contributed by atoms with Crippen molar-refractivity contribution in [3.05, 3.63) is 124 Å². The molecule has 0 saturated carbocycles. The third-order valence-corrected chi connectivity index (χ3v) is 8.19. The predicted molar refractivity (Wildman–Crippen MR) is 163 cm³/mol.